The molecule has 0 atom stereocenters. The van der Waals surface area contributed by atoms with Gasteiger partial charge in [-0.3, -0.25) is 10.1 Å². The summed E-state index contributed by atoms with van der Waals surface area (Å²) in [5, 5.41) is 14.3. The van der Waals surface area contributed by atoms with Gasteiger partial charge in [0.05, 0.1) is 9.95 Å². The fraction of sp³-hybridized carbons (Fsp3) is 0.0833. The average Bonchev–Trinajstić information content (AvgIpc) is 2.38. The monoisotopic (exact) mass is 263 g/mol. The molecule has 0 bridgehead atoms. The predicted molar refractivity (Wildman–Crippen MR) is 70.9 cm³/mol. The van der Waals surface area contributed by atoms with Crippen LogP contribution >= 0.6 is 11.6 Å². The molecule has 6 heteroatoms. The van der Waals surface area contributed by atoms with Crippen molar-refractivity contribution in [2.24, 2.45) is 0 Å². The topological polar surface area (TPSA) is 68.1 Å². The van der Waals surface area contributed by atoms with Crippen LogP contribution < -0.4 is 5.32 Å². The SMILES string of the molecule is CNc1ccc([N+](=O)[O-])c(-c2ccccc2Cl)n1. The summed E-state index contributed by atoms with van der Waals surface area (Å²) in [6.07, 6.45) is 0. The second kappa shape index (κ2) is 5.01. The van der Waals surface area contributed by atoms with Gasteiger partial charge >= 0.3 is 0 Å². The van der Waals surface area contributed by atoms with E-state index in [1.165, 1.54) is 6.07 Å². The maximum absolute atomic E-state index is 11.0. The van der Waals surface area contributed by atoms with Crippen molar-refractivity contribution < 1.29 is 4.92 Å². The fourth-order valence-corrected chi connectivity index (χ4v) is 1.82. The lowest BCUT2D eigenvalue weighted by Crippen LogP contribution is -1.99. The molecule has 0 amide bonds. The first-order valence-electron chi connectivity index (χ1n) is 5.21. The van der Waals surface area contributed by atoms with E-state index in [4.69, 9.17) is 11.6 Å². The maximum atomic E-state index is 11.0. The number of nitrogens with one attached hydrogen (secondary N) is 1. The summed E-state index contributed by atoms with van der Waals surface area (Å²) >= 11 is 6.05. The Kier molecular flexibility index (Phi) is 3.43. The number of halogens is 1. The Hall–Kier alpha value is -2.14. The molecule has 5 nitrogen and oxygen atoms in total. The van der Waals surface area contributed by atoms with E-state index < -0.39 is 4.92 Å². The number of benzene rings is 1. The summed E-state index contributed by atoms with van der Waals surface area (Å²) in [5.41, 5.74) is 0.738. The molecule has 0 saturated carbocycles. The van der Waals surface area contributed by atoms with Gasteiger partial charge in [-0.1, -0.05) is 29.8 Å². The molecule has 0 unspecified atom stereocenters. The Balaban J connectivity index is 2.68. The normalized spacial score (nSPS) is 10.1. The first-order valence-corrected chi connectivity index (χ1v) is 5.59. The van der Waals surface area contributed by atoms with Crippen LogP contribution in [0.4, 0.5) is 11.5 Å². The second-order valence-corrected chi connectivity index (χ2v) is 3.96. The lowest BCUT2D eigenvalue weighted by atomic mass is 10.1. The van der Waals surface area contributed by atoms with Crippen LogP contribution in [-0.4, -0.2) is 17.0 Å². The largest absolute Gasteiger partial charge is 0.373 e. The second-order valence-electron chi connectivity index (χ2n) is 3.55. The molecule has 1 heterocycles. The summed E-state index contributed by atoms with van der Waals surface area (Å²) in [5.74, 6) is 0.551. The molecule has 0 fully saturated rings. The predicted octanol–water partition coefficient (Wildman–Crippen LogP) is 3.35. The Morgan fingerprint density at radius 2 is 2.00 bits per heavy atom. The molecular weight excluding hydrogens is 254 g/mol. The highest BCUT2D eigenvalue weighted by molar-refractivity contribution is 6.33. The van der Waals surface area contributed by atoms with Crippen LogP contribution in [-0.2, 0) is 0 Å². The number of aromatic nitrogens is 1. The van der Waals surface area contributed by atoms with Crippen LogP contribution in [0.3, 0.4) is 0 Å². The molecule has 2 aromatic rings. The lowest BCUT2D eigenvalue weighted by Gasteiger charge is -2.06. The summed E-state index contributed by atoms with van der Waals surface area (Å²) in [4.78, 5) is 14.7. The molecular formula is C12H10ClN3O2. The van der Waals surface area contributed by atoms with Gasteiger partial charge in [0, 0.05) is 18.7 Å². The number of anilines is 1. The van der Waals surface area contributed by atoms with Crippen LogP contribution in [0.1, 0.15) is 0 Å². The summed E-state index contributed by atoms with van der Waals surface area (Å²) in [6, 6.07) is 9.87. The molecule has 1 aromatic heterocycles. The van der Waals surface area contributed by atoms with E-state index in [0.717, 1.165) is 0 Å². The third-order valence-corrected chi connectivity index (χ3v) is 2.79. The Morgan fingerprint density at radius 1 is 1.28 bits per heavy atom. The highest BCUT2D eigenvalue weighted by Crippen LogP contribution is 2.33. The molecule has 0 aliphatic carbocycles. The third kappa shape index (κ3) is 2.26. The molecule has 2 rings (SSSR count). The van der Waals surface area contributed by atoms with Gasteiger partial charge in [0.25, 0.3) is 5.69 Å². The summed E-state index contributed by atoms with van der Waals surface area (Å²) < 4.78 is 0. The van der Waals surface area contributed by atoms with Crippen molar-refractivity contribution in [3.8, 4) is 11.3 Å². The van der Waals surface area contributed by atoms with Crippen molar-refractivity contribution >= 4 is 23.1 Å². The zero-order valence-electron chi connectivity index (χ0n) is 9.55. The van der Waals surface area contributed by atoms with Crippen LogP contribution in [0.5, 0.6) is 0 Å². The van der Waals surface area contributed by atoms with Crippen LogP contribution in [0.2, 0.25) is 5.02 Å². The molecule has 92 valence electrons. The molecule has 0 radical (unpaired) electrons. The molecule has 0 spiro atoms. The molecule has 0 aliphatic heterocycles. The van der Waals surface area contributed by atoms with Crippen molar-refractivity contribution in [3.05, 3.63) is 51.5 Å². The first kappa shape index (κ1) is 12.3. The average molecular weight is 264 g/mol. The number of hydrogen-bond donors (Lipinski definition) is 1. The highest BCUT2D eigenvalue weighted by atomic mass is 35.5. The standard InChI is InChI=1S/C12H10ClN3O2/c1-14-11-7-6-10(16(17)18)12(15-11)8-4-2-3-5-9(8)13/h2-7H,1H3,(H,14,15). The van der Waals surface area contributed by atoms with Crippen molar-refractivity contribution in [2.45, 2.75) is 0 Å². The van der Waals surface area contributed by atoms with Gasteiger partial charge in [-0.15, -0.1) is 0 Å². The fourth-order valence-electron chi connectivity index (χ4n) is 1.59. The molecule has 1 aromatic carbocycles. The van der Waals surface area contributed by atoms with Crippen LogP contribution in [0.15, 0.2) is 36.4 Å². The van der Waals surface area contributed by atoms with Crippen molar-refractivity contribution in [3.63, 3.8) is 0 Å². The quantitative estimate of drug-likeness (QED) is 0.681. The number of rotatable bonds is 3. The molecule has 0 saturated heterocycles. The van der Waals surface area contributed by atoms with E-state index in [2.05, 4.69) is 10.3 Å². The number of nitro groups is 1. The zero-order chi connectivity index (χ0) is 13.1. The number of hydrogen-bond acceptors (Lipinski definition) is 4. The first-order chi connectivity index (χ1) is 8.63. The third-order valence-electron chi connectivity index (χ3n) is 2.46. The zero-order valence-corrected chi connectivity index (χ0v) is 10.3. The minimum atomic E-state index is -0.467. The Labute approximate surface area is 109 Å². The molecule has 1 N–H and O–H groups in total. The van der Waals surface area contributed by atoms with E-state index in [-0.39, 0.29) is 11.4 Å². The van der Waals surface area contributed by atoms with Crippen molar-refractivity contribution in [2.75, 3.05) is 12.4 Å². The molecule has 18 heavy (non-hydrogen) atoms. The van der Waals surface area contributed by atoms with Gasteiger partial charge in [0.15, 0.2) is 5.69 Å². The summed E-state index contributed by atoms with van der Waals surface area (Å²) in [6.45, 7) is 0. The Bertz CT molecular complexity index is 602. The van der Waals surface area contributed by atoms with Crippen LogP contribution in [0, 0.1) is 10.1 Å². The highest BCUT2D eigenvalue weighted by Gasteiger charge is 2.19. The van der Waals surface area contributed by atoms with E-state index in [1.54, 1.807) is 37.4 Å². The number of nitrogens with zero attached hydrogens (tertiary/aromatic N) is 2. The van der Waals surface area contributed by atoms with Gasteiger partial charge in [0.1, 0.15) is 5.82 Å². The minimum Gasteiger partial charge on any atom is -0.373 e. The van der Waals surface area contributed by atoms with E-state index in [1.807, 2.05) is 0 Å². The lowest BCUT2D eigenvalue weighted by molar-refractivity contribution is -0.384. The van der Waals surface area contributed by atoms with Gasteiger partial charge in [-0.25, -0.2) is 4.98 Å². The van der Waals surface area contributed by atoms with Crippen molar-refractivity contribution in [1.82, 2.24) is 4.98 Å². The van der Waals surface area contributed by atoms with Gasteiger partial charge < -0.3 is 5.32 Å². The maximum Gasteiger partial charge on any atom is 0.295 e. The van der Waals surface area contributed by atoms with E-state index in [0.29, 0.717) is 16.4 Å². The number of pyridine rings is 1. The van der Waals surface area contributed by atoms with Crippen LogP contribution in [0.25, 0.3) is 11.3 Å². The Morgan fingerprint density at radius 3 is 2.61 bits per heavy atom. The summed E-state index contributed by atoms with van der Waals surface area (Å²) in [7, 11) is 1.70. The smallest absolute Gasteiger partial charge is 0.295 e. The van der Waals surface area contributed by atoms with Crippen molar-refractivity contribution in [1.29, 1.82) is 0 Å². The van der Waals surface area contributed by atoms with Gasteiger partial charge in [0.2, 0.25) is 0 Å². The minimum absolute atomic E-state index is 0.0675. The van der Waals surface area contributed by atoms with Gasteiger partial charge in [-0.2, -0.15) is 0 Å². The van der Waals surface area contributed by atoms with Gasteiger partial charge in [-0.05, 0) is 12.1 Å². The molecule has 0 aliphatic rings. The van der Waals surface area contributed by atoms with E-state index >= 15 is 0 Å². The van der Waals surface area contributed by atoms with E-state index in [9.17, 15) is 10.1 Å².